The van der Waals surface area contributed by atoms with Gasteiger partial charge in [0, 0.05) is 11.8 Å². The molecule has 3 nitrogen and oxygen atoms in total. The molecule has 3 heteroatoms. The Balaban J connectivity index is 4.48. The number of hydrogen-bond acceptors (Lipinski definition) is 3. The first kappa shape index (κ1) is 17.1. The number of ketones is 1. The van der Waals surface area contributed by atoms with Gasteiger partial charge in [-0.15, -0.1) is 0 Å². The van der Waals surface area contributed by atoms with E-state index in [0.717, 1.165) is 0 Å². The molecule has 0 fully saturated rings. The van der Waals surface area contributed by atoms with Crippen LogP contribution in [0.15, 0.2) is 0 Å². The van der Waals surface area contributed by atoms with Gasteiger partial charge in [-0.05, 0) is 26.7 Å². The Bertz CT molecular complexity index is 305. The van der Waals surface area contributed by atoms with Gasteiger partial charge in [-0.1, -0.05) is 34.6 Å². The topological polar surface area (TPSA) is 43.4 Å². The third-order valence-electron chi connectivity index (χ3n) is 2.98. The van der Waals surface area contributed by atoms with Gasteiger partial charge >= 0.3 is 5.97 Å². The zero-order valence-corrected chi connectivity index (χ0v) is 13.1. The van der Waals surface area contributed by atoms with Gasteiger partial charge in [0.1, 0.15) is 11.4 Å². The second-order valence-electron chi connectivity index (χ2n) is 7.18. The second-order valence-corrected chi connectivity index (χ2v) is 7.18. The predicted molar refractivity (Wildman–Crippen MR) is 73.3 cm³/mol. The van der Waals surface area contributed by atoms with E-state index in [0.29, 0.717) is 6.42 Å². The average Bonchev–Trinajstić information content (AvgIpc) is 2.11. The molecule has 0 spiro atoms. The van der Waals surface area contributed by atoms with Crippen LogP contribution in [0.3, 0.4) is 0 Å². The second kappa shape index (κ2) is 5.85. The molecule has 0 heterocycles. The normalized spacial score (nSPS) is 16.0. The van der Waals surface area contributed by atoms with E-state index >= 15 is 0 Å². The van der Waals surface area contributed by atoms with Gasteiger partial charge in [-0.3, -0.25) is 9.59 Å². The monoisotopic (exact) mass is 256 g/mol. The molecule has 106 valence electrons. The van der Waals surface area contributed by atoms with Crippen LogP contribution in [0.1, 0.15) is 61.8 Å². The third-order valence-corrected chi connectivity index (χ3v) is 2.98. The van der Waals surface area contributed by atoms with Gasteiger partial charge in [0.2, 0.25) is 0 Å². The SMILES string of the molecule is C[C@H](CC(=O)C(C)(C)C)[C@@H](C)C(=O)OC(C)(C)C. The Hall–Kier alpha value is -0.860. The van der Waals surface area contributed by atoms with Gasteiger partial charge in [-0.25, -0.2) is 0 Å². The van der Waals surface area contributed by atoms with Crippen molar-refractivity contribution in [3.63, 3.8) is 0 Å². The van der Waals surface area contributed by atoms with E-state index in [-0.39, 0.29) is 29.0 Å². The molecule has 0 saturated carbocycles. The maximum Gasteiger partial charge on any atom is 0.309 e. The van der Waals surface area contributed by atoms with Crippen LogP contribution >= 0.6 is 0 Å². The molecular formula is C15H28O3. The summed E-state index contributed by atoms with van der Waals surface area (Å²) in [4.78, 5) is 23.8. The number of rotatable bonds is 4. The van der Waals surface area contributed by atoms with Gasteiger partial charge < -0.3 is 4.74 Å². The highest BCUT2D eigenvalue weighted by molar-refractivity contribution is 5.84. The molecule has 18 heavy (non-hydrogen) atoms. The van der Waals surface area contributed by atoms with Crippen LogP contribution in [0.2, 0.25) is 0 Å². The van der Waals surface area contributed by atoms with Crippen molar-refractivity contribution in [3.05, 3.63) is 0 Å². The van der Waals surface area contributed by atoms with Crippen molar-refractivity contribution in [2.45, 2.75) is 67.4 Å². The first-order valence-corrected chi connectivity index (χ1v) is 6.61. The smallest absolute Gasteiger partial charge is 0.309 e. The highest BCUT2D eigenvalue weighted by atomic mass is 16.6. The number of ether oxygens (including phenoxy) is 1. The van der Waals surface area contributed by atoms with Crippen LogP contribution in [0.5, 0.6) is 0 Å². The molecule has 0 saturated heterocycles. The maximum absolute atomic E-state index is 11.9. The van der Waals surface area contributed by atoms with Crippen molar-refractivity contribution in [3.8, 4) is 0 Å². The third kappa shape index (κ3) is 6.18. The highest BCUT2D eigenvalue weighted by Crippen LogP contribution is 2.25. The average molecular weight is 256 g/mol. The van der Waals surface area contributed by atoms with Crippen LogP contribution in [0.4, 0.5) is 0 Å². The summed E-state index contributed by atoms with van der Waals surface area (Å²) in [5.74, 6) is -0.288. The fourth-order valence-electron chi connectivity index (χ4n) is 1.40. The molecule has 0 aromatic heterocycles. The van der Waals surface area contributed by atoms with Crippen LogP contribution in [0, 0.1) is 17.3 Å². The first-order chi connectivity index (χ1) is 7.84. The minimum atomic E-state index is -0.473. The molecule has 0 rings (SSSR count). The molecular weight excluding hydrogens is 228 g/mol. The summed E-state index contributed by atoms with van der Waals surface area (Å²) in [6.07, 6.45) is 0.421. The van der Waals surface area contributed by atoms with E-state index in [1.54, 1.807) is 0 Å². The Kier molecular flexibility index (Phi) is 5.57. The molecule has 0 bridgehead atoms. The summed E-state index contributed by atoms with van der Waals surface area (Å²) in [6, 6.07) is 0. The molecule has 0 aromatic rings. The minimum Gasteiger partial charge on any atom is -0.460 e. The minimum absolute atomic E-state index is 0.00609. The summed E-state index contributed by atoms with van der Waals surface area (Å²) >= 11 is 0. The Morgan fingerprint density at radius 1 is 1.00 bits per heavy atom. The lowest BCUT2D eigenvalue weighted by atomic mass is 9.82. The van der Waals surface area contributed by atoms with E-state index in [1.807, 2.05) is 55.4 Å². The lowest BCUT2D eigenvalue weighted by Gasteiger charge is -2.26. The van der Waals surface area contributed by atoms with Crippen LogP contribution in [-0.4, -0.2) is 17.4 Å². The van der Waals surface area contributed by atoms with E-state index in [9.17, 15) is 9.59 Å². The number of Topliss-reactive ketones (excluding diaryl/α,β-unsaturated/α-hetero) is 1. The summed E-state index contributed by atoms with van der Waals surface area (Å²) in [6.45, 7) is 15.0. The van der Waals surface area contributed by atoms with Crippen molar-refractivity contribution < 1.29 is 14.3 Å². The van der Waals surface area contributed by atoms with E-state index in [4.69, 9.17) is 4.74 Å². The molecule has 0 aliphatic rings. The van der Waals surface area contributed by atoms with E-state index in [2.05, 4.69) is 0 Å². The number of carbonyl (C=O) groups excluding carboxylic acids is 2. The van der Waals surface area contributed by atoms with Crippen molar-refractivity contribution in [2.24, 2.45) is 17.3 Å². The summed E-state index contributed by atoms with van der Waals surface area (Å²) in [5.41, 5.74) is -0.818. The lowest BCUT2D eigenvalue weighted by molar-refractivity contribution is -0.161. The molecule has 0 N–H and O–H groups in total. The van der Waals surface area contributed by atoms with Crippen molar-refractivity contribution in [2.75, 3.05) is 0 Å². The molecule has 0 aromatic carbocycles. The molecule has 2 atom stereocenters. The number of esters is 1. The quantitative estimate of drug-likeness (QED) is 0.722. The largest absolute Gasteiger partial charge is 0.460 e. The maximum atomic E-state index is 11.9. The van der Waals surface area contributed by atoms with Gasteiger partial charge in [0.05, 0.1) is 5.92 Å². The molecule has 0 aliphatic carbocycles. The van der Waals surface area contributed by atoms with Crippen molar-refractivity contribution >= 4 is 11.8 Å². The van der Waals surface area contributed by atoms with Gasteiger partial charge in [0.25, 0.3) is 0 Å². The molecule has 0 aliphatic heterocycles. The zero-order valence-electron chi connectivity index (χ0n) is 13.1. The fourth-order valence-corrected chi connectivity index (χ4v) is 1.40. The molecule has 0 radical (unpaired) electrons. The predicted octanol–water partition coefficient (Wildman–Crippen LogP) is 3.61. The summed E-state index contributed by atoms with van der Waals surface area (Å²) < 4.78 is 5.34. The van der Waals surface area contributed by atoms with E-state index in [1.165, 1.54) is 0 Å². The van der Waals surface area contributed by atoms with Crippen LogP contribution in [0.25, 0.3) is 0 Å². The highest BCUT2D eigenvalue weighted by Gasteiger charge is 2.30. The molecule has 0 amide bonds. The molecule has 0 unspecified atom stereocenters. The van der Waals surface area contributed by atoms with Crippen LogP contribution in [-0.2, 0) is 14.3 Å². The first-order valence-electron chi connectivity index (χ1n) is 6.61. The summed E-state index contributed by atoms with van der Waals surface area (Å²) in [5, 5.41) is 0. The Morgan fingerprint density at radius 2 is 1.44 bits per heavy atom. The number of hydrogen-bond donors (Lipinski definition) is 0. The Morgan fingerprint density at radius 3 is 1.78 bits per heavy atom. The summed E-state index contributed by atoms with van der Waals surface area (Å²) in [7, 11) is 0. The van der Waals surface area contributed by atoms with Crippen LogP contribution < -0.4 is 0 Å². The van der Waals surface area contributed by atoms with Gasteiger partial charge in [0.15, 0.2) is 0 Å². The fraction of sp³-hybridized carbons (Fsp3) is 0.867. The van der Waals surface area contributed by atoms with Gasteiger partial charge in [-0.2, -0.15) is 0 Å². The standard InChI is InChI=1S/C15H28O3/c1-10(9-12(16)14(3,4)5)11(2)13(17)18-15(6,7)8/h10-11H,9H2,1-8H3/t10-,11-/m1/s1. The van der Waals surface area contributed by atoms with E-state index < -0.39 is 5.60 Å². The number of carbonyl (C=O) groups is 2. The lowest BCUT2D eigenvalue weighted by Crippen LogP contribution is -2.32. The Labute approximate surface area is 111 Å². The zero-order chi connectivity index (χ0) is 14.7. The van der Waals surface area contributed by atoms with Crippen molar-refractivity contribution in [1.29, 1.82) is 0 Å². The van der Waals surface area contributed by atoms with Crippen molar-refractivity contribution in [1.82, 2.24) is 0 Å².